The summed E-state index contributed by atoms with van der Waals surface area (Å²) in [4.78, 5) is 25.4. The Morgan fingerprint density at radius 1 is 1.39 bits per heavy atom. The summed E-state index contributed by atoms with van der Waals surface area (Å²) in [7, 11) is 1.29. The molecule has 1 saturated heterocycles. The van der Waals surface area contributed by atoms with E-state index in [0.29, 0.717) is 19.4 Å². The van der Waals surface area contributed by atoms with Gasteiger partial charge in [0.2, 0.25) is 0 Å². The lowest BCUT2D eigenvalue weighted by atomic mass is 9.99. The monoisotopic (exact) mass is 277 g/mol. The molecule has 1 rings (SSSR count). The molecule has 0 aromatic heterocycles. The van der Waals surface area contributed by atoms with E-state index >= 15 is 0 Å². The molecule has 0 N–H and O–H groups in total. The molecular weight excluding hydrogens is 258 g/mol. The predicted octanol–water partition coefficient (Wildman–Crippen LogP) is 2.17. The summed E-state index contributed by atoms with van der Waals surface area (Å²) < 4.78 is 10.1. The fraction of sp³-hybridized carbons (Fsp3) is 0.833. The van der Waals surface area contributed by atoms with Crippen LogP contribution in [-0.4, -0.2) is 47.6 Å². The van der Waals surface area contributed by atoms with Gasteiger partial charge >= 0.3 is 12.1 Å². The van der Waals surface area contributed by atoms with Gasteiger partial charge in [-0.1, -0.05) is 0 Å². The van der Waals surface area contributed by atoms with Crippen molar-refractivity contribution in [2.75, 3.05) is 19.5 Å². The van der Waals surface area contributed by atoms with E-state index in [9.17, 15) is 9.59 Å². The summed E-state index contributed by atoms with van der Waals surface area (Å²) in [6.07, 6.45) is 0.690. The highest BCUT2D eigenvalue weighted by Crippen LogP contribution is 2.33. The second kappa shape index (κ2) is 5.34. The van der Waals surface area contributed by atoms with Crippen molar-refractivity contribution in [3.8, 4) is 0 Å². The lowest BCUT2D eigenvalue weighted by Gasteiger charge is -2.35. The molecule has 1 aliphatic heterocycles. The van der Waals surface area contributed by atoms with Crippen LogP contribution in [0.25, 0.3) is 0 Å². The zero-order valence-electron chi connectivity index (χ0n) is 11.3. The van der Waals surface area contributed by atoms with Gasteiger partial charge in [0.25, 0.3) is 0 Å². The van der Waals surface area contributed by atoms with Crippen molar-refractivity contribution in [1.82, 2.24) is 4.90 Å². The molecule has 5 nitrogen and oxygen atoms in total. The number of esters is 1. The minimum atomic E-state index is -1.08. The van der Waals surface area contributed by atoms with Crippen molar-refractivity contribution < 1.29 is 19.1 Å². The number of likely N-dealkylation sites (tertiary alicyclic amines) is 1. The van der Waals surface area contributed by atoms with E-state index in [4.69, 9.17) is 21.1 Å². The first-order valence-corrected chi connectivity index (χ1v) is 6.45. The number of carbonyl (C=O) groups excluding carboxylic acids is 2. The van der Waals surface area contributed by atoms with Crippen molar-refractivity contribution in [3.63, 3.8) is 0 Å². The zero-order valence-corrected chi connectivity index (χ0v) is 12.0. The maximum Gasteiger partial charge on any atom is 0.411 e. The second-order valence-corrected chi connectivity index (χ2v) is 5.66. The summed E-state index contributed by atoms with van der Waals surface area (Å²) in [5.41, 5.74) is -1.69. The smallest absolute Gasteiger partial charge is 0.411 e. The van der Waals surface area contributed by atoms with Crippen molar-refractivity contribution in [2.24, 2.45) is 0 Å². The van der Waals surface area contributed by atoms with Crippen molar-refractivity contribution in [3.05, 3.63) is 0 Å². The first-order valence-electron chi connectivity index (χ1n) is 5.92. The number of ether oxygens (including phenoxy) is 2. The number of methoxy groups -OCH3 is 1. The number of amides is 1. The van der Waals surface area contributed by atoms with E-state index in [1.807, 2.05) is 0 Å². The van der Waals surface area contributed by atoms with E-state index in [0.717, 1.165) is 0 Å². The zero-order chi connectivity index (χ0) is 14.0. The molecule has 1 unspecified atom stereocenters. The van der Waals surface area contributed by atoms with Crippen LogP contribution in [0, 0.1) is 0 Å². The molecule has 1 fully saturated rings. The number of hydrogen-bond donors (Lipinski definition) is 0. The normalized spacial score (nSPS) is 23.9. The fourth-order valence-corrected chi connectivity index (χ4v) is 2.44. The van der Waals surface area contributed by atoms with Gasteiger partial charge in [0.15, 0.2) is 5.54 Å². The molecular formula is C12H20ClNO4. The van der Waals surface area contributed by atoms with Crippen LogP contribution in [0.15, 0.2) is 0 Å². The summed E-state index contributed by atoms with van der Waals surface area (Å²) in [5, 5.41) is 0. The summed E-state index contributed by atoms with van der Waals surface area (Å²) >= 11 is 5.90. The third kappa shape index (κ3) is 2.88. The summed E-state index contributed by atoms with van der Waals surface area (Å²) in [5.74, 6) is -0.473. The Morgan fingerprint density at radius 3 is 2.44 bits per heavy atom. The van der Waals surface area contributed by atoms with Gasteiger partial charge in [-0.25, -0.2) is 9.59 Å². The number of rotatable bonds is 2. The molecule has 1 atom stereocenters. The molecule has 1 amide bonds. The highest BCUT2D eigenvalue weighted by atomic mass is 35.5. The van der Waals surface area contributed by atoms with E-state index < -0.39 is 23.2 Å². The average molecular weight is 278 g/mol. The van der Waals surface area contributed by atoms with Gasteiger partial charge in [-0.15, -0.1) is 11.6 Å². The Labute approximate surface area is 112 Å². The summed E-state index contributed by atoms with van der Waals surface area (Å²) in [6, 6.07) is 0. The van der Waals surface area contributed by atoms with Gasteiger partial charge in [0, 0.05) is 6.54 Å². The molecule has 0 aliphatic carbocycles. The Balaban J connectivity index is 2.93. The Kier molecular flexibility index (Phi) is 4.48. The number of nitrogens with zero attached hydrogens (tertiary/aromatic N) is 1. The van der Waals surface area contributed by atoms with Crippen LogP contribution in [0.4, 0.5) is 4.79 Å². The molecule has 0 bridgehead atoms. The first-order chi connectivity index (χ1) is 8.27. The van der Waals surface area contributed by atoms with Crippen LogP contribution in [0.1, 0.15) is 33.6 Å². The van der Waals surface area contributed by atoms with E-state index in [1.54, 1.807) is 20.8 Å². The van der Waals surface area contributed by atoms with Gasteiger partial charge in [-0.2, -0.15) is 0 Å². The van der Waals surface area contributed by atoms with Crippen molar-refractivity contribution in [2.45, 2.75) is 44.8 Å². The fourth-order valence-electron chi connectivity index (χ4n) is 2.06. The molecule has 1 aliphatic rings. The van der Waals surface area contributed by atoms with Gasteiger partial charge < -0.3 is 9.47 Å². The molecule has 0 radical (unpaired) electrons. The lowest BCUT2D eigenvalue weighted by molar-refractivity contribution is -0.151. The quantitative estimate of drug-likeness (QED) is 0.573. The SMILES string of the molecule is COC(=O)C1(CCl)CCCN1C(=O)OC(C)(C)C. The number of hydrogen-bond acceptors (Lipinski definition) is 4. The third-order valence-corrected chi connectivity index (χ3v) is 3.33. The molecule has 6 heteroatoms. The molecule has 0 spiro atoms. The average Bonchev–Trinajstić information content (AvgIpc) is 2.70. The number of halogens is 1. The first kappa shape index (κ1) is 15.1. The molecule has 0 aromatic carbocycles. The molecule has 0 saturated carbocycles. The highest BCUT2D eigenvalue weighted by molar-refractivity contribution is 6.20. The van der Waals surface area contributed by atoms with Crippen LogP contribution in [0.3, 0.4) is 0 Å². The minimum absolute atomic E-state index is 0.0128. The molecule has 1 heterocycles. The van der Waals surface area contributed by atoms with Crippen LogP contribution in [0.5, 0.6) is 0 Å². The van der Waals surface area contributed by atoms with Gasteiger partial charge in [0.1, 0.15) is 5.60 Å². The van der Waals surface area contributed by atoms with Gasteiger partial charge in [0.05, 0.1) is 13.0 Å². The van der Waals surface area contributed by atoms with Crippen molar-refractivity contribution >= 4 is 23.7 Å². The van der Waals surface area contributed by atoms with Gasteiger partial charge in [-0.05, 0) is 33.6 Å². The highest BCUT2D eigenvalue weighted by Gasteiger charge is 2.51. The van der Waals surface area contributed by atoms with Gasteiger partial charge in [-0.3, -0.25) is 4.90 Å². The Bertz CT molecular complexity index is 339. The van der Waals surface area contributed by atoms with Crippen LogP contribution >= 0.6 is 11.6 Å². The number of alkyl halides is 1. The second-order valence-electron chi connectivity index (χ2n) is 5.39. The largest absolute Gasteiger partial charge is 0.467 e. The van der Waals surface area contributed by atoms with Crippen molar-refractivity contribution in [1.29, 1.82) is 0 Å². The van der Waals surface area contributed by atoms with Crippen LogP contribution in [-0.2, 0) is 14.3 Å². The predicted molar refractivity (Wildman–Crippen MR) is 67.6 cm³/mol. The minimum Gasteiger partial charge on any atom is -0.467 e. The Morgan fingerprint density at radius 2 is 2.00 bits per heavy atom. The standard InChI is InChI=1S/C12H20ClNO4/c1-11(2,3)18-10(16)14-7-5-6-12(14,8-13)9(15)17-4/h5-8H2,1-4H3. The lowest BCUT2D eigenvalue weighted by Crippen LogP contribution is -2.56. The van der Waals surface area contributed by atoms with E-state index in [1.165, 1.54) is 12.0 Å². The summed E-state index contributed by atoms with van der Waals surface area (Å²) in [6.45, 7) is 5.79. The Hall–Kier alpha value is -0.970. The third-order valence-electron chi connectivity index (χ3n) is 2.89. The maximum absolute atomic E-state index is 12.1. The molecule has 0 aromatic rings. The maximum atomic E-state index is 12.1. The number of carbonyl (C=O) groups is 2. The van der Waals surface area contributed by atoms with E-state index in [2.05, 4.69) is 0 Å². The molecule has 18 heavy (non-hydrogen) atoms. The van der Waals surface area contributed by atoms with Crippen LogP contribution in [0.2, 0.25) is 0 Å². The van der Waals surface area contributed by atoms with E-state index in [-0.39, 0.29) is 5.88 Å². The topological polar surface area (TPSA) is 55.8 Å². The van der Waals surface area contributed by atoms with Crippen LogP contribution < -0.4 is 0 Å². The molecule has 104 valence electrons.